The normalized spacial score (nSPS) is 13.4. The molecule has 0 aromatic heterocycles. The fraction of sp³-hybridized carbons (Fsp3) is 0.987. The highest BCUT2D eigenvalue weighted by Gasteiger charge is 2.24. The van der Waals surface area contributed by atoms with Crippen LogP contribution in [0.15, 0.2) is 0 Å². The minimum atomic E-state index is -4.58. The Bertz CT molecular complexity index is 1360. The van der Waals surface area contributed by atoms with Crippen molar-refractivity contribution in [2.24, 2.45) is 0 Å². The monoisotopic (exact) mass is 1240 g/mol. The van der Waals surface area contributed by atoms with Crippen LogP contribution in [0.1, 0.15) is 438 Å². The van der Waals surface area contributed by atoms with Crippen molar-refractivity contribution in [3.05, 3.63) is 0 Å². The summed E-state index contributed by atoms with van der Waals surface area (Å²) in [7, 11) is 1.33. The van der Waals surface area contributed by atoms with Gasteiger partial charge in [0.25, 0.3) is 7.82 Å². The van der Waals surface area contributed by atoms with E-state index in [0.29, 0.717) is 23.9 Å². The number of nitrogens with one attached hydrogen (secondary N) is 1. The number of unbranched alkanes of at least 4 members (excludes halogenated alkanes) is 62. The Labute approximate surface area is 540 Å². The minimum absolute atomic E-state index is 0.0171. The lowest BCUT2D eigenvalue weighted by atomic mass is 10.0. The van der Waals surface area contributed by atoms with Crippen LogP contribution in [0, 0.1) is 0 Å². The molecule has 0 aromatic carbocycles. The summed E-state index contributed by atoms with van der Waals surface area (Å²) in [4.78, 5) is 25.7. The standard InChI is InChI=1S/C77H157N2O6P/c1-6-8-10-12-14-16-18-20-22-24-26-28-30-32-33-34-35-36-37-38-39-40-41-42-43-44-45-46-47-49-51-53-55-57-59-61-63-65-67-69-71-77(81)78-75(74-85-86(82,83)84-73-72-79(3,4)5)76(80)70-68-66-64-62-60-58-56-54-52-50-48-31-29-27-25-23-21-19-17-15-13-11-9-7-2/h75-76,80H,6-74H2,1-5H3,(H-,78,81,82,83). The van der Waals surface area contributed by atoms with Gasteiger partial charge in [-0.05, 0) is 12.8 Å². The maximum absolute atomic E-state index is 13.1. The summed E-state index contributed by atoms with van der Waals surface area (Å²) in [5.41, 5.74) is 0. The minimum Gasteiger partial charge on any atom is -0.756 e. The van der Waals surface area contributed by atoms with Crippen LogP contribution in [0.5, 0.6) is 0 Å². The van der Waals surface area contributed by atoms with Gasteiger partial charge in [0.05, 0.1) is 39.9 Å². The van der Waals surface area contributed by atoms with Gasteiger partial charge in [0.15, 0.2) is 0 Å². The molecule has 516 valence electrons. The Kier molecular flexibility index (Phi) is 68.5. The van der Waals surface area contributed by atoms with Gasteiger partial charge in [0.2, 0.25) is 5.91 Å². The molecule has 86 heavy (non-hydrogen) atoms. The predicted molar refractivity (Wildman–Crippen MR) is 376 cm³/mol. The van der Waals surface area contributed by atoms with Crippen LogP contribution < -0.4 is 10.2 Å². The Morgan fingerprint density at radius 1 is 0.360 bits per heavy atom. The summed E-state index contributed by atoms with van der Waals surface area (Å²) in [6.45, 7) is 4.81. The molecule has 0 fully saturated rings. The molecule has 0 aliphatic carbocycles. The molecule has 0 heterocycles. The SMILES string of the molecule is CCCCCCCCCCCCCCCCCCCCCCCCCCCCCCCCCCCCCCCCCCC(=O)NC(COP(=O)([O-])OCC[N+](C)(C)C)C(O)CCCCCCCCCCCCCCCCCCCCCCCCCC. The molecule has 2 N–H and O–H groups in total. The van der Waals surface area contributed by atoms with E-state index in [1.165, 1.54) is 372 Å². The second-order valence-corrected chi connectivity index (χ2v) is 30.2. The highest BCUT2D eigenvalue weighted by atomic mass is 31.2. The van der Waals surface area contributed by atoms with E-state index in [9.17, 15) is 19.4 Å². The molecular formula is C77H157N2O6P. The first kappa shape index (κ1) is 85.5. The zero-order valence-electron chi connectivity index (χ0n) is 59.3. The van der Waals surface area contributed by atoms with E-state index in [4.69, 9.17) is 9.05 Å². The van der Waals surface area contributed by atoms with Gasteiger partial charge in [-0.15, -0.1) is 0 Å². The molecule has 0 aliphatic rings. The summed E-state index contributed by atoms with van der Waals surface area (Å²) in [5, 5.41) is 14.1. The van der Waals surface area contributed by atoms with Gasteiger partial charge < -0.3 is 28.8 Å². The molecule has 1 amide bonds. The summed E-state index contributed by atoms with van der Waals surface area (Å²) >= 11 is 0. The third-order valence-electron chi connectivity index (χ3n) is 18.8. The summed E-state index contributed by atoms with van der Waals surface area (Å²) in [6, 6.07) is -0.797. The average Bonchev–Trinajstić information content (AvgIpc) is 3.70. The molecule has 0 saturated carbocycles. The van der Waals surface area contributed by atoms with E-state index in [2.05, 4.69) is 19.2 Å². The van der Waals surface area contributed by atoms with Gasteiger partial charge in [-0.25, -0.2) is 0 Å². The van der Waals surface area contributed by atoms with Crippen molar-refractivity contribution in [1.29, 1.82) is 0 Å². The van der Waals surface area contributed by atoms with E-state index in [-0.39, 0.29) is 19.1 Å². The topological polar surface area (TPSA) is 108 Å². The quantitative estimate of drug-likeness (QED) is 0.0357. The van der Waals surface area contributed by atoms with Crippen molar-refractivity contribution in [2.45, 2.75) is 450 Å². The lowest BCUT2D eigenvalue weighted by Gasteiger charge is -2.30. The summed E-state index contributed by atoms with van der Waals surface area (Å²) in [5.74, 6) is -0.152. The molecule has 8 nitrogen and oxygen atoms in total. The fourth-order valence-electron chi connectivity index (χ4n) is 12.8. The number of carbonyl (C=O) groups is 1. The molecule has 0 rings (SSSR count). The van der Waals surface area contributed by atoms with Crippen LogP contribution in [0.3, 0.4) is 0 Å². The lowest BCUT2D eigenvalue weighted by molar-refractivity contribution is -0.870. The number of nitrogens with zero attached hydrogens (tertiary/aromatic N) is 1. The molecule has 3 unspecified atom stereocenters. The second kappa shape index (κ2) is 68.9. The van der Waals surface area contributed by atoms with Crippen molar-refractivity contribution in [2.75, 3.05) is 40.9 Å². The van der Waals surface area contributed by atoms with Gasteiger partial charge in [-0.3, -0.25) is 9.36 Å². The Balaban J connectivity index is 3.85. The van der Waals surface area contributed by atoms with Gasteiger partial charge in [-0.2, -0.15) is 0 Å². The van der Waals surface area contributed by atoms with Gasteiger partial charge in [0.1, 0.15) is 13.2 Å². The van der Waals surface area contributed by atoms with Crippen molar-refractivity contribution in [1.82, 2.24) is 5.32 Å². The third kappa shape index (κ3) is 70.9. The number of rotatable bonds is 75. The molecule has 0 saturated heterocycles. The summed E-state index contributed by atoms with van der Waals surface area (Å²) in [6.07, 6.45) is 88.0. The van der Waals surface area contributed by atoms with Crippen LogP contribution in [0.4, 0.5) is 0 Å². The Hall–Kier alpha value is -0.500. The van der Waals surface area contributed by atoms with E-state index < -0.39 is 20.0 Å². The Morgan fingerprint density at radius 3 is 0.791 bits per heavy atom. The van der Waals surface area contributed by atoms with Crippen LogP contribution in [-0.2, 0) is 18.4 Å². The number of hydrogen-bond acceptors (Lipinski definition) is 6. The van der Waals surface area contributed by atoms with E-state index >= 15 is 0 Å². The number of aliphatic hydroxyl groups is 1. The van der Waals surface area contributed by atoms with Gasteiger partial charge in [0, 0.05) is 6.42 Å². The predicted octanol–water partition coefficient (Wildman–Crippen LogP) is 24.8. The van der Waals surface area contributed by atoms with Crippen LogP contribution in [0.25, 0.3) is 0 Å². The number of aliphatic hydroxyl groups excluding tert-OH is 1. The molecule has 0 spiro atoms. The largest absolute Gasteiger partial charge is 0.756 e. The van der Waals surface area contributed by atoms with Crippen LogP contribution in [-0.4, -0.2) is 68.5 Å². The van der Waals surface area contributed by atoms with Crippen LogP contribution in [0.2, 0.25) is 0 Å². The van der Waals surface area contributed by atoms with Gasteiger partial charge >= 0.3 is 0 Å². The van der Waals surface area contributed by atoms with Crippen molar-refractivity contribution >= 4 is 13.7 Å². The lowest BCUT2D eigenvalue weighted by Crippen LogP contribution is -2.46. The zero-order chi connectivity index (χ0) is 62.6. The second-order valence-electron chi connectivity index (χ2n) is 28.8. The number of phosphoric ester groups is 1. The first-order valence-corrected chi connectivity index (χ1v) is 40.8. The maximum Gasteiger partial charge on any atom is 0.268 e. The first-order valence-electron chi connectivity index (χ1n) is 39.4. The maximum atomic E-state index is 13.1. The van der Waals surface area contributed by atoms with E-state index in [1.54, 1.807) is 0 Å². The molecule has 9 heteroatoms. The molecule has 0 aliphatic heterocycles. The Morgan fingerprint density at radius 2 is 0.570 bits per heavy atom. The smallest absolute Gasteiger partial charge is 0.268 e. The van der Waals surface area contributed by atoms with Crippen molar-refractivity contribution < 1.29 is 32.9 Å². The van der Waals surface area contributed by atoms with E-state index in [0.717, 1.165) is 38.5 Å². The summed E-state index contributed by atoms with van der Waals surface area (Å²) < 4.78 is 23.6. The van der Waals surface area contributed by atoms with Crippen molar-refractivity contribution in [3.63, 3.8) is 0 Å². The van der Waals surface area contributed by atoms with Crippen molar-refractivity contribution in [3.8, 4) is 0 Å². The fourth-order valence-corrected chi connectivity index (χ4v) is 13.5. The first-order chi connectivity index (χ1) is 42.0. The number of likely N-dealkylation sites (N-methyl/N-ethyl adjacent to an activating group) is 1. The average molecular weight is 1240 g/mol. The third-order valence-corrected chi connectivity index (χ3v) is 19.8. The highest BCUT2D eigenvalue weighted by molar-refractivity contribution is 7.45. The molecule has 0 aromatic rings. The molecular weight excluding hydrogens is 1080 g/mol. The van der Waals surface area contributed by atoms with E-state index in [1.807, 2.05) is 21.1 Å². The highest BCUT2D eigenvalue weighted by Crippen LogP contribution is 2.38. The van der Waals surface area contributed by atoms with Gasteiger partial charge in [-0.1, -0.05) is 418 Å². The number of phosphoric acid groups is 1. The molecule has 3 atom stereocenters. The molecule has 0 radical (unpaired) electrons. The number of carbonyl (C=O) groups excluding carboxylic acids is 1. The van der Waals surface area contributed by atoms with Crippen LogP contribution >= 0.6 is 7.82 Å². The number of quaternary nitrogens is 1. The number of hydrogen-bond donors (Lipinski definition) is 2. The number of amides is 1. The molecule has 0 bridgehead atoms. The zero-order valence-corrected chi connectivity index (χ0v) is 60.2.